The first-order chi connectivity index (χ1) is 13.1. The van der Waals surface area contributed by atoms with Crippen molar-refractivity contribution in [1.82, 2.24) is 0 Å². The Balaban J connectivity index is 1.80. The lowest BCUT2D eigenvalue weighted by atomic mass is 10.1. The highest BCUT2D eigenvalue weighted by Crippen LogP contribution is 2.51. The number of nitrogens with zero attached hydrogens (tertiary/aromatic N) is 2. The van der Waals surface area contributed by atoms with Crippen molar-refractivity contribution in [3.8, 4) is 5.75 Å². The average molecular weight is 378 g/mol. The summed E-state index contributed by atoms with van der Waals surface area (Å²) in [4.78, 5) is 3.58. The van der Waals surface area contributed by atoms with Crippen LogP contribution >= 0.6 is 11.8 Å². The normalized spacial score (nSPS) is 15.0. The topological polar surface area (TPSA) is 16.4 Å². The summed E-state index contributed by atoms with van der Waals surface area (Å²) in [6, 6.07) is 17.1. The van der Waals surface area contributed by atoms with Crippen LogP contribution < -0.4 is 14.2 Å². The second kappa shape index (κ2) is 7.28. The van der Waals surface area contributed by atoms with Gasteiger partial charge in [0.1, 0.15) is 12.8 Å². The highest BCUT2D eigenvalue weighted by atomic mass is 32.2. The number of hydrogen-bond acceptors (Lipinski definition) is 3. The van der Waals surface area contributed by atoms with E-state index in [4.69, 9.17) is 4.74 Å². The Kier molecular flexibility index (Phi) is 4.83. The van der Waals surface area contributed by atoms with Crippen LogP contribution in [-0.4, -0.2) is 12.6 Å². The van der Waals surface area contributed by atoms with Gasteiger partial charge in [0.15, 0.2) is 6.20 Å². The summed E-state index contributed by atoms with van der Waals surface area (Å²) in [7, 11) is 2.09. The molecule has 0 N–H and O–H groups in total. The summed E-state index contributed by atoms with van der Waals surface area (Å²) in [5, 5.41) is 2.51. The molecule has 0 atom stereocenters. The third kappa shape index (κ3) is 3.30. The molecule has 0 saturated carbocycles. The van der Waals surface area contributed by atoms with E-state index < -0.39 is 0 Å². The van der Waals surface area contributed by atoms with Gasteiger partial charge in [-0.05, 0) is 50.6 Å². The van der Waals surface area contributed by atoms with Crippen molar-refractivity contribution < 1.29 is 9.30 Å². The number of aromatic nitrogens is 1. The molecule has 4 rings (SSSR count). The third-order valence-electron chi connectivity index (χ3n) is 4.75. The minimum Gasteiger partial charge on any atom is -0.490 e. The molecule has 2 heterocycles. The fourth-order valence-corrected chi connectivity index (χ4v) is 4.76. The average Bonchev–Trinajstić information content (AvgIpc) is 3.02. The van der Waals surface area contributed by atoms with Crippen LogP contribution in [0.3, 0.4) is 0 Å². The molecular weight excluding hydrogens is 352 g/mol. The van der Waals surface area contributed by atoms with E-state index in [0.717, 1.165) is 12.3 Å². The maximum absolute atomic E-state index is 6.06. The van der Waals surface area contributed by atoms with E-state index >= 15 is 0 Å². The van der Waals surface area contributed by atoms with E-state index in [1.165, 1.54) is 32.1 Å². The molecule has 2 aromatic carbocycles. The molecule has 0 bridgehead atoms. The Morgan fingerprint density at radius 1 is 1.11 bits per heavy atom. The summed E-state index contributed by atoms with van der Waals surface area (Å²) < 4.78 is 8.22. The molecule has 138 valence electrons. The van der Waals surface area contributed by atoms with Gasteiger partial charge < -0.3 is 9.64 Å². The summed E-state index contributed by atoms with van der Waals surface area (Å²) in [5.41, 5.74) is 3.71. The van der Waals surface area contributed by atoms with Crippen LogP contribution in [0.25, 0.3) is 17.0 Å². The highest BCUT2D eigenvalue weighted by Gasteiger charge is 2.27. The number of pyridine rings is 1. The van der Waals surface area contributed by atoms with E-state index in [-0.39, 0.29) is 6.10 Å². The first-order valence-corrected chi connectivity index (χ1v) is 10.2. The highest BCUT2D eigenvalue weighted by molar-refractivity contribution is 8.04. The minimum absolute atomic E-state index is 0.165. The van der Waals surface area contributed by atoms with Crippen LogP contribution in [0.15, 0.2) is 64.7 Å². The predicted molar refractivity (Wildman–Crippen MR) is 114 cm³/mol. The molecule has 4 heteroatoms. The molecular formula is C23H25N2OS+. The van der Waals surface area contributed by atoms with Gasteiger partial charge in [0.2, 0.25) is 5.52 Å². The summed E-state index contributed by atoms with van der Waals surface area (Å²) in [6.07, 6.45) is 4.60. The Bertz CT molecular complexity index is 1030. The lowest BCUT2D eigenvalue weighted by Crippen LogP contribution is -2.28. The number of fused-ring (bicyclic) bond motifs is 2. The number of rotatable bonds is 4. The van der Waals surface area contributed by atoms with Gasteiger partial charge in [0.25, 0.3) is 0 Å². The standard InChI is InChI=1S/C23H25N2OS/c1-5-25-20-11-8-12-21(26-16(2)3)23(20)27-22(25)15-17-13-14-24(4)19-10-7-6-9-18(17)19/h6-16H,5H2,1-4H3/q+1. The molecule has 27 heavy (non-hydrogen) atoms. The summed E-state index contributed by atoms with van der Waals surface area (Å²) >= 11 is 1.80. The van der Waals surface area contributed by atoms with Crippen molar-refractivity contribution in [2.24, 2.45) is 7.05 Å². The smallest absolute Gasteiger partial charge is 0.212 e. The molecule has 3 aromatic rings. The van der Waals surface area contributed by atoms with Crippen molar-refractivity contribution in [3.63, 3.8) is 0 Å². The van der Waals surface area contributed by atoms with E-state index in [1.807, 2.05) is 0 Å². The Morgan fingerprint density at radius 3 is 2.70 bits per heavy atom. The molecule has 0 fully saturated rings. The van der Waals surface area contributed by atoms with Gasteiger partial charge in [-0.2, -0.15) is 0 Å². The maximum Gasteiger partial charge on any atom is 0.212 e. The fraction of sp³-hybridized carbons (Fsp3) is 0.261. The summed E-state index contributed by atoms with van der Waals surface area (Å²) in [6.45, 7) is 7.27. The Morgan fingerprint density at radius 2 is 1.93 bits per heavy atom. The van der Waals surface area contributed by atoms with Gasteiger partial charge in [-0.15, -0.1) is 0 Å². The van der Waals surface area contributed by atoms with Gasteiger partial charge in [-0.25, -0.2) is 4.57 Å². The Hall–Kier alpha value is -2.46. The molecule has 3 nitrogen and oxygen atoms in total. The fourth-order valence-electron chi connectivity index (χ4n) is 3.52. The van der Waals surface area contributed by atoms with E-state index in [2.05, 4.69) is 98.1 Å². The molecule has 0 saturated heterocycles. The molecule has 1 aromatic heterocycles. The van der Waals surface area contributed by atoms with Crippen LogP contribution in [0.1, 0.15) is 26.3 Å². The largest absolute Gasteiger partial charge is 0.490 e. The van der Waals surface area contributed by atoms with Gasteiger partial charge >= 0.3 is 0 Å². The van der Waals surface area contributed by atoms with Crippen LogP contribution in [0.5, 0.6) is 5.75 Å². The number of anilines is 1. The van der Waals surface area contributed by atoms with Crippen LogP contribution in [0, 0.1) is 0 Å². The predicted octanol–water partition coefficient (Wildman–Crippen LogP) is 5.38. The zero-order valence-electron chi connectivity index (χ0n) is 16.3. The lowest BCUT2D eigenvalue weighted by molar-refractivity contribution is -0.644. The molecule has 0 unspecified atom stereocenters. The minimum atomic E-state index is 0.165. The second-order valence-corrected chi connectivity index (χ2v) is 8.03. The van der Waals surface area contributed by atoms with Gasteiger partial charge in [-0.3, -0.25) is 0 Å². The monoisotopic (exact) mass is 377 g/mol. The molecule has 0 aliphatic carbocycles. The van der Waals surface area contributed by atoms with Crippen molar-refractivity contribution in [2.75, 3.05) is 11.4 Å². The van der Waals surface area contributed by atoms with Gasteiger partial charge in [0.05, 0.1) is 27.1 Å². The number of hydrogen-bond donors (Lipinski definition) is 0. The molecule has 0 spiro atoms. The molecule has 1 aliphatic heterocycles. The quantitative estimate of drug-likeness (QED) is 0.568. The van der Waals surface area contributed by atoms with Crippen molar-refractivity contribution in [2.45, 2.75) is 31.8 Å². The summed E-state index contributed by atoms with van der Waals surface area (Å²) in [5.74, 6) is 0.971. The number of benzene rings is 2. The van der Waals surface area contributed by atoms with Crippen LogP contribution in [0.4, 0.5) is 5.69 Å². The maximum atomic E-state index is 6.06. The second-order valence-electron chi connectivity index (χ2n) is 7.00. The first-order valence-electron chi connectivity index (χ1n) is 9.42. The zero-order chi connectivity index (χ0) is 19.0. The van der Waals surface area contributed by atoms with E-state index in [9.17, 15) is 0 Å². The number of ether oxygens (including phenoxy) is 1. The van der Waals surface area contributed by atoms with Crippen molar-refractivity contribution in [1.29, 1.82) is 0 Å². The molecule has 0 radical (unpaired) electrons. The SMILES string of the molecule is CCN1/C(=C/c2cc[n+](C)c3ccccc23)Sc2c(OC(C)C)cccc21. The zero-order valence-corrected chi connectivity index (χ0v) is 17.1. The third-order valence-corrected chi connectivity index (χ3v) is 5.91. The van der Waals surface area contributed by atoms with Crippen molar-refractivity contribution in [3.05, 3.63) is 65.3 Å². The van der Waals surface area contributed by atoms with E-state index in [0.29, 0.717) is 0 Å². The number of para-hydroxylation sites is 1. The Labute approximate surface area is 165 Å². The van der Waals surface area contributed by atoms with Crippen LogP contribution in [0.2, 0.25) is 0 Å². The van der Waals surface area contributed by atoms with Crippen LogP contribution in [-0.2, 0) is 7.05 Å². The van der Waals surface area contributed by atoms with E-state index in [1.54, 1.807) is 11.8 Å². The number of aryl methyl sites for hydroxylation is 1. The first kappa shape index (κ1) is 17.9. The van der Waals surface area contributed by atoms with Crippen molar-refractivity contribution >= 4 is 34.4 Å². The van der Waals surface area contributed by atoms with Gasteiger partial charge in [0, 0.05) is 18.7 Å². The number of thioether (sulfide) groups is 1. The molecule has 1 aliphatic rings. The lowest BCUT2D eigenvalue weighted by Gasteiger charge is -2.18. The van der Waals surface area contributed by atoms with Gasteiger partial charge in [-0.1, -0.05) is 30.0 Å². The molecule has 0 amide bonds.